The first kappa shape index (κ1) is 26.8. The lowest BCUT2D eigenvalue weighted by Crippen LogP contribution is -2.34. The smallest absolute Gasteiger partial charge is 0.256 e. The fourth-order valence-corrected chi connectivity index (χ4v) is 4.14. The van der Waals surface area contributed by atoms with Gasteiger partial charge in [-0.05, 0) is 43.7 Å². The van der Waals surface area contributed by atoms with E-state index >= 15 is 0 Å². The van der Waals surface area contributed by atoms with Crippen LogP contribution in [0.5, 0.6) is 0 Å². The summed E-state index contributed by atoms with van der Waals surface area (Å²) in [7, 11) is 0. The van der Waals surface area contributed by atoms with Gasteiger partial charge in [-0.1, -0.05) is 38.6 Å². The Hall–Kier alpha value is -4.25. The van der Waals surface area contributed by atoms with Gasteiger partial charge in [0, 0.05) is 23.6 Å². The Morgan fingerprint density at radius 2 is 2.16 bits per heavy atom. The van der Waals surface area contributed by atoms with Crippen LogP contribution in [0.1, 0.15) is 61.0 Å². The molecule has 4 rings (SSSR count). The van der Waals surface area contributed by atoms with Crippen LogP contribution >= 0.6 is 0 Å². The summed E-state index contributed by atoms with van der Waals surface area (Å²) in [6.07, 6.45) is 4.94. The van der Waals surface area contributed by atoms with Gasteiger partial charge in [0.05, 0.1) is 30.2 Å². The van der Waals surface area contributed by atoms with Crippen LogP contribution in [0.4, 0.5) is 23.1 Å². The number of amidine groups is 1. The highest BCUT2D eigenvalue weighted by Gasteiger charge is 2.27. The lowest BCUT2D eigenvalue weighted by Gasteiger charge is -2.23. The lowest BCUT2D eigenvalue weighted by molar-refractivity contribution is 0.102. The van der Waals surface area contributed by atoms with Crippen LogP contribution in [0, 0.1) is 6.92 Å². The Balaban J connectivity index is 1.63. The normalized spacial score (nSPS) is 16.0. The predicted molar refractivity (Wildman–Crippen MR) is 148 cm³/mol. The monoisotopic (exact) mass is 518 g/mol. The van der Waals surface area contributed by atoms with Gasteiger partial charge in [-0.15, -0.1) is 0 Å². The topological polar surface area (TPSA) is 155 Å². The molecule has 0 saturated carbocycles. The zero-order chi connectivity index (χ0) is 27.4. The van der Waals surface area contributed by atoms with E-state index in [1.54, 1.807) is 30.5 Å². The first-order valence-electron chi connectivity index (χ1n) is 12.5. The highest BCUT2D eigenvalue weighted by atomic mass is 16.5. The van der Waals surface area contributed by atoms with E-state index in [1.807, 2.05) is 32.6 Å². The van der Waals surface area contributed by atoms with E-state index in [9.17, 15) is 9.90 Å². The van der Waals surface area contributed by atoms with Crippen molar-refractivity contribution in [1.29, 1.82) is 0 Å². The SMILES string of the molecule is C=CNc1cnc(N2CCC[C@H]2CO)nc1C(N)=Nc1cc(C(=O)Nc2cc(C(C)(C)C)on2)ccc1C. The number of hydrogen-bond donors (Lipinski definition) is 4. The molecule has 11 nitrogen and oxygen atoms in total. The maximum atomic E-state index is 12.9. The van der Waals surface area contributed by atoms with Crippen molar-refractivity contribution in [2.24, 2.45) is 10.7 Å². The fraction of sp³-hybridized carbons (Fsp3) is 0.370. The molecule has 0 spiro atoms. The van der Waals surface area contributed by atoms with Crippen LogP contribution in [0.25, 0.3) is 0 Å². The number of rotatable bonds is 8. The maximum Gasteiger partial charge on any atom is 0.256 e. The standard InChI is InChI=1S/C27H34N8O3/c1-6-29-20-14-30-26(35-11-7-8-18(35)15-36)33-23(20)24(28)31-19-12-17(10-9-16(19)2)25(37)32-22-13-21(38-34-22)27(3,4)5/h6,9-10,12-14,18,29,36H,1,7-8,11,15H2,2-5H3,(H2,28,31)(H,32,34,37)/t18-/m0/s1. The van der Waals surface area contributed by atoms with E-state index in [4.69, 9.17) is 10.3 Å². The molecule has 1 aliphatic rings. The quantitative estimate of drug-likeness (QED) is 0.257. The van der Waals surface area contributed by atoms with Crippen LogP contribution < -0.4 is 21.3 Å². The first-order valence-corrected chi connectivity index (χ1v) is 12.5. The van der Waals surface area contributed by atoms with E-state index < -0.39 is 0 Å². The summed E-state index contributed by atoms with van der Waals surface area (Å²) >= 11 is 0. The third kappa shape index (κ3) is 5.83. The van der Waals surface area contributed by atoms with E-state index in [0.717, 1.165) is 24.9 Å². The zero-order valence-corrected chi connectivity index (χ0v) is 22.2. The van der Waals surface area contributed by atoms with Crippen molar-refractivity contribution in [2.45, 2.75) is 52.0 Å². The number of benzene rings is 1. The van der Waals surface area contributed by atoms with E-state index in [2.05, 4.69) is 37.3 Å². The Morgan fingerprint density at radius 1 is 1.37 bits per heavy atom. The van der Waals surface area contributed by atoms with Crippen molar-refractivity contribution < 1.29 is 14.4 Å². The summed E-state index contributed by atoms with van der Waals surface area (Å²) in [5, 5.41) is 19.4. The van der Waals surface area contributed by atoms with Gasteiger partial charge < -0.3 is 30.9 Å². The van der Waals surface area contributed by atoms with Gasteiger partial charge in [0.25, 0.3) is 5.91 Å². The minimum atomic E-state index is -0.351. The van der Waals surface area contributed by atoms with Crippen molar-refractivity contribution in [3.63, 3.8) is 0 Å². The molecule has 0 radical (unpaired) electrons. The number of anilines is 3. The lowest BCUT2D eigenvalue weighted by atomic mass is 9.93. The second-order valence-electron chi connectivity index (χ2n) is 10.2. The number of aryl methyl sites for hydroxylation is 1. The molecule has 3 aromatic rings. The number of aliphatic hydroxyl groups is 1. The molecule has 0 unspecified atom stereocenters. The number of aromatic nitrogens is 3. The van der Waals surface area contributed by atoms with Gasteiger partial charge in [0.2, 0.25) is 5.95 Å². The van der Waals surface area contributed by atoms with Crippen molar-refractivity contribution in [1.82, 2.24) is 15.1 Å². The number of aliphatic imine (C=N–C) groups is 1. The van der Waals surface area contributed by atoms with Crippen LogP contribution in [-0.2, 0) is 5.41 Å². The molecule has 38 heavy (non-hydrogen) atoms. The minimum Gasteiger partial charge on any atom is -0.394 e. The number of aliphatic hydroxyl groups excluding tert-OH is 1. The second-order valence-corrected chi connectivity index (χ2v) is 10.2. The number of carbonyl (C=O) groups excluding carboxylic acids is 1. The first-order chi connectivity index (χ1) is 18.1. The largest absolute Gasteiger partial charge is 0.394 e. The van der Waals surface area contributed by atoms with Crippen LogP contribution in [0.15, 0.2) is 52.8 Å². The van der Waals surface area contributed by atoms with Crippen molar-refractivity contribution in [3.8, 4) is 0 Å². The molecule has 3 heterocycles. The van der Waals surface area contributed by atoms with Crippen LogP contribution in [0.2, 0.25) is 0 Å². The Morgan fingerprint density at radius 3 is 2.84 bits per heavy atom. The molecule has 0 aliphatic carbocycles. The van der Waals surface area contributed by atoms with Crippen molar-refractivity contribution in [3.05, 3.63) is 65.8 Å². The van der Waals surface area contributed by atoms with E-state index in [0.29, 0.717) is 40.2 Å². The van der Waals surface area contributed by atoms with Gasteiger partial charge in [-0.3, -0.25) is 4.79 Å². The van der Waals surface area contributed by atoms with Crippen molar-refractivity contribution >= 4 is 34.9 Å². The number of nitrogens with two attached hydrogens (primary N) is 1. The Bertz CT molecular complexity index is 1360. The van der Waals surface area contributed by atoms with Crippen LogP contribution in [0.3, 0.4) is 0 Å². The van der Waals surface area contributed by atoms with Gasteiger partial charge in [0.15, 0.2) is 11.7 Å². The average Bonchev–Trinajstić information content (AvgIpc) is 3.55. The molecule has 0 bridgehead atoms. The summed E-state index contributed by atoms with van der Waals surface area (Å²) in [4.78, 5) is 28.7. The van der Waals surface area contributed by atoms with Gasteiger partial charge in [-0.25, -0.2) is 15.0 Å². The summed E-state index contributed by atoms with van der Waals surface area (Å²) in [5.74, 6) is 1.27. The van der Waals surface area contributed by atoms with Crippen molar-refractivity contribution in [2.75, 3.05) is 28.7 Å². The Kier molecular flexibility index (Phi) is 7.77. The molecule has 1 saturated heterocycles. The highest BCUT2D eigenvalue weighted by Crippen LogP contribution is 2.27. The zero-order valence-electron chi connectivity index (χ0n) is 22.2. The third-order valence-electron chi connectivity index (χ3n) is 6.32. The maximum absolute atomic E-state index is 12.9. The molecular formula is C27H34N8O3. The molecule has 1 aromatic carbocycles. The second kappa shape index (κ2) is 11.0. The third-order valence-corrected chi connectivity index (χ3v) is 6.32. The molecule has 1 aliphatic heterocycles. The molecule has 5 N–H and O–H groups in total. The number of nitrogens with one attached hydrogen (secondary N) is 2. The van der Waals surface area contributed by atoms with Gasteiger partial charge in [0.1, 0.15) is 11.5 Å². The molecule has 1 amide bonds. The molecule has 1 atom stereocenters. The number of nitrogens with zero attached hydrogens (tertiary/aromatic N) is 5. The summed E-state index contributed by atoms with van der Waals surface area (Å²) in [6.45, 7) is 12.4. The fourth-order valence-electron chi connectivity index (χ4n) is 4.14. The van der Waals surface area contributed by atoms with E-state index in [1.165, 1.54) is 6.20 Å². The van der Waals surface area contributed by atoms with Crippen LogP contribution in [-0.4, -0.2) is 51.2 Å². The molecule has 1 fully saturated rings. The minimum absolute atomic E-state index is 0.0227. The number of amides is 1. The number of carbonyl (C=O) groups is 1. The molecule has 11 heteroatoms. The molecule has 2 aromatic heterocycles. The van der Waals surface area contributed by atoms with Gasteiger partial charge >= 0.3 is 0 Å². The predicted octanol–water partition coefficient (Wildman–Crippen LogP) is 3.88. The Labute approximate surface area is 221 Å². The average molecular weight is 519 g/mol. The highest BCUT2D eigenvalue weighted by molar-refractivity contribution is 6.05. The summed E-state index contributed by atoms with van der Waals surface area (Å²) < 4.78 is 5.36. The van der Waals surface area contributed by atoms with Gasteiger partial charge in [-0.2, -0.15) is 0 Å². The summed E-state index contributed by atoms with van der Waals surface area (Å²) in [6, 6.07) is 6.84. The summed E-state index contributed by atoms with van der Waals surface area (Å²) in [5.41, 5.74) is 8.89. The molecule has 200 valence electrons. The van der Waals surface area contributed by atoms with E-state index in [-0.39, 0.29) is 29.8 Å². The molecular weight excluding hydrogens is 484 g/mol. The number of hydrogen-bond acceptors (Lipinski definition) is 9.